The summed E-state index contributed by atoms with van der Waals surface area (Å²) in [5.41, 5.74) is 1.01. The number of benzene rings is 2. The third-order valence-electron chi connectivity index (χ3n) is 6.09. The van der Waals surface area contributed by atoms with Crippen molar-refractivity contribution in [3.63, 3.8) is 0 Å². The zero-order chi connectivity index (χ0) is 24.8. The molecule has 0 aliphatic carbocycles. The molecule has 0 spiro atoms. The Morgan fingerprint density at radius 3 is 2.38 bits per heavy atom. The summed E-state index contributed by atoms with van der Waals surface area (Å²) < 4.78 is 31.8. The summed E-state index contributed by atoms with van der Waals surface area (Å²) >= 11 is 6.54. The maximum Gasteiger partial charge on any atom is 0.306 e. The molecule has 0 radical (unpaired) electrons. The van der Waals surface area contributed by atoms with E-state index in [9.17, 15) is 13.9 Å². The van der Waals surface area contributed by atoms with E-state index in [2.05, 4.69) is 23.5 Å². The third-order valence-corrected chi connectivity index (χ3v) is 8.04. The summed E-state index contributed by atoms with van der Waals surface area (Å²) in [6.45, 7) is 4.74. The lowest BCUT2D eigenvalue weighted by molar-refractivity contribution is -0.137. The summed E-state index contributed by atoms with van der Waals surface area (Å²) in [6, 6.07) is 13.1. The fraction of sp³-hybridized carbons (Fsp3) is 0.480. The second-order valence-electron chi connectivity index (χ2n) is 8.80. The normalized spacial score (nSPS) is 17.5. The molecule has 9 heteroatoms. The average molecular weight is 511 g/mol. The van der Waals surface area contributed by atoms with Gasteiger partial charge in [-0.3, -0.25) is 13.9 Å². The number of nitrogens with zero attached hydrogens (tertiary/aromatic N) is 1. The molecule has 188 valence electrons. The van der Waals surface area contributed by atoms with E-state index in [1.54, 1.807) is 6.07 Å². The van der Waals surface area contributed by atoms with Gasteiger partial charge < -0.3 is 14.7 Å². The van der Waals surface area contributed by atoms with E-state index in [0.29, 0.717) is 17.1 Å². The number of nitrogens with one attached hydrogen (secondary N) is 1. The van der Waals surface area contributed by atoms with Crippen LogP contribution in [0, 0.1) is 0 Å². The predicted octanol–water partition coefficient (Wildman–Crippen LogP) is 7.08. The highest BCUT2D eigenvalue weighted by Crippen LogP contribution is 2.57. The first-order chi connectivity index (χ1) is 16.2. The van der Waals surface area contributed by atoms with Gasteiger partial charge in [0.05, 0.1) is 29.3 Å². The molecule has 0 saturated carbocycles. The smallest absolute Gasteiger partial charge is 0.306 e. The molecule has 1 aliphatic heterocycles. The molecule has 0 saturated heterocycles. The SMILES string of the molecule is CCCCC1(CCCC)CN(c2ccccc2)c2cc(Cl)c(OCCC(=O)O)cc2S(O)(O)N1. The van der Waals surface area contributed by atoms with Crippen LogP contribution >= 0.6 is 22.4 Å². The molecule has 3 rings (SSSR count). The van der Waals surface area contributed by atoms with Crippen LogP contribution in [0.25, 0.3) is 0 Å². The molecule has 0 amide bonds. The lowest BCUT2D eigenvalue weighted by atomic mass is 9.87. The van der Waals surface area contributed by atoms with Crippen LogP contribution < -0.4 is 14.4 Å². The minimum Gasteiger partial charge on any atom is -0.491 e. The summed E-state index contributed by atoms with van der Waals surface area (Å²) in [7, 11) is -3.42. The molecule has 0 fully saturated rings. The standard InChI is InChI=1S/C25H35ClN2O5S/c1-3-5-13-25(14-6-4-2)18-28(19-10-8-7-9-11-19)21-16-20(26)22(33-15-12-24(29)30)17-23(21)34(31,32)27-25/h7-11,16-17,27,31-32H,3-6,12-15,18H2,1-2H3,(H,29,30). The average Bonchev–Trinajstić information content (AvgIpc) is 2.89. The van der Waals surface area contributed by atoms with Crippen molar-refractivity contribution in [2.24, 2.45) is 0 Å². The molecule has 1 heterocycles. The van der Waals surface area contributed by atoms with Gasteiger partial charge in [0.25, 0.3) is 0 Å². The highest BCUT2D eigenvalue weighted by molar-refractivity contribution is 8.22. The van der Waals surface area contributed by atoms with E-state index in [4.69, 9.17) is 21.4 Å². The van der Waals surface area contributed by atoms with Crippen LogP contribution in [-0.4, -0.2) is 38.9 Å². The Balaban J connectivity index is 2.13. The van der Waals surface area contributed by atoms with Crippen molar-refractivity contribution in [2.45, 2.75) is 69.2 Å². The lowest BCUT2D eigenvalue weighted by Gasteiger charge is -2.43. The number of carboxylic acids is 1. The van der Waals surface area contributed by atoms with Crippen molar-refractivity contribution in [1.82, 2.24) is 4.72 Å². The fourth-order valence-electron chi connectivity index (χ4n) is 4.35. The highest BCUT2D eigenvalue weighted by Gasteiger charge is 2.42. The zero-order valence-corrected chi connectivity index (χ0v) is 21.4. The summed E-state index contributed by atoms with van der Waals surface area (Å²) in [6.07, 6.45) is 5.32. The summed E-state index contributed by atoms with van der Waals surface area (Å²) in [5.74, 6) is -0.755. The van der Waals surface area contributed by atoms with E-state index in [1.807, 2.05) is 30.3 Å². The molecule has 2 aromatic carbocycles. The van der Waals surface area contributed by atoms with Crippen LogP contribution in [0.2, 0.25) is 5.02 Å². The molecular formula is C25H35ClN2O5S. The summed E-state index contributed by atoms with van der Waals surface area (Å²) in [4.78, 5) is 13.3. The number of fused-ring (bicyclic) bond motifs is 1. The van der Waals surface area contributed by atoms with Gasteiger partial charge in [-0.25, -0.2) is 4.72 Å². The van der Waals surface area contributed by atoms with Gasteiger partial charge in [-0.05, 0) is 31.0 Å². The molecule has 0 unspecified atom stereocenters. The number of ether oxygens (including phenoxy) is 1. The van der Waals surface area contributed by atoms with Gasteiger partial charge >= 0.3 is 5.97 Å². The van der Waals surface area contributed by atoms with Crippen LogP contribution in [0.4, 0.5) is 11.4 Å². The topological polar surface area (TPSA) is 102 Å². The van der Waals surface area contributed by atoms with Crippen molar-refractivity contribution in [1.29, 1.82) is 0 Å². The van der Waals surface area contributed by atoms with Gasteiger partial charge in [-0.1, -0.05) is 69.3 Å². The van der Waals surface area contributed by atoms with Gasteiger partial charge in [-0.2, -0.15) is 0 Å². The zero-order valence-electron chi connectivity index (χ0n) is 19.8. The largest absolute Gasteiger partial charge is 0.491 e. The second-order valence-corrected chi connectivity index (χ2v) is 11.0. The predicted molar refractivity (Wildman–Crippen MR) is 139 cm³/mol. The van der Waals surface area contributed by atoms with E-state index < -0.39 is 22.3 Å². The highest BCUT2D eigenvalue weighted by atomic mass is 35.5. The monoisotopic (exact) mass is 510 g/mol. The number of carboxylic acid groups (broad SMARTS) is 1. The van der Waals surface area contributed by atoms with Gasteiger partial charge in [0.2, 0.25) is 0 Å². The molecule has 1 aliphatic rings. The number of para-hydroxylation sites is 1. The Morgan fingerprint density at radius 2 is 1.79 bits per heavy atom. The molecule has 34 heavy (non-hydrogen) atoms. The second kappa shape index (κ2) is 11.6. The van der Waals surface area contributed by atoms with Gasteiger partial charge in [-0.15, -0.1) is 10.8 Å². The van der Waals surface area contributed by atoms with E-state index in [0.717, 1.165) is 44.2 Å². The van der Waals surface area contributed by atoms with Crippen LogP contribution in [0.1, 0.15) is 58.8 Å². The minimum atomic E-state index is -3.42. The Morgan fingerprint density at radius 1 is 1.15 bits per heavy atom. The van der Waals surface area contributed by atoms with Crippen LogP contribution in [0.15, 0.2) is 47.4 Å². The Hall–Kier alpha value is -1.97. The van der Waals surface area contributed by atoms with Crippen molar-refractivity contribution < 1.29 is 23.7 Å². The minimum absolute atomic E-state index is 0.0696. The van der Waals surface area contributed by atoms with E-state index in [-0.39, 0.29) is 23.8 Å². The van der Waals surface area contributed by atoms with Crippen molar-refractivity contribution in [3.05, 3.63) is 47.5 Å². The Bertz CT molecular complexity index is 965. The molecule has 4 N–H and O–H groups in total. The van der Waals surface area contributed by atoms with Crippen molar-refractivity contribution in [3.8, 4) is 5.75 Å². The van der Waals surface area contributed by atoms with Crippen molar-refractivity contribution in [2.75, 3.05) is 18.1 Å². The number of unbranched alkanes of at least 4 members (excludes halogenated alkanes) is 2. The maximum absolute atomic E-state index is 11.4. The first-order valence-corrected chi connectivity index (χ1v) is 13.7. The molecule has 0 aromatic heterocycles. The lowest BCUT2D eigenvalue weighted by Crippen LogP contribution is -2.51. The van der Waals surface area contributed by atoms with Crippen LogP contribution in [-0.2, 0) is 4.79 Å². The number of halogens is 1. The molecule has 0 atom stereocenters. The number of hydrogen-bond donors (Lipinski definition) is 4. The summed E-state index contributed by atoms with van der Waals surface area (Å²) in [5, 5.41) is 9.21. The molecule has 2 aromatic rings. The molecule has 0 bridgehead atoms. The number of anilines is 2. The number of aliphatic carboxylic acids is 1. The number of rotatable bonds is 11. The van der Waals surface area contributed by atoms with Crippen LogP contribution in [0.5, 0.6) is 5.75 Å². The third kappa shape index (κ3) is 6.37. The maximum atomic E-state index is 11.4. The van der Waals surface area contributed by atoms with Crippen LogP contribution in [0.3, 0.4) is 0 Å². The molecular weight excluding hydrogens is 476 g/mol. The number of hydrogen-bond acceptors (Lipinski definition) is 6. The van der Waals surface area contributed by atoms with Gasteiger partial charge in [0, 0.05) is 18.3 Å². The van der Waals surface area contributed by atoms with Gasteiger partial charge in [0.1, 0.15) is 10.6 Å². The first-order valence-electron chi connectivity index (χ1n) is 11.8. The molecule has 7 nitrogen and oxygen atoms in total. The number of carbonyl (C=O) groups is 1. The Labute approximate surface area is 208 Å². The first kappa shape index (κ1) is 26.6. The van der Waals surface area contributed by atoms with E-state index in [1.165, 1.54) is 6.07 Å². The quantitative estimate of drug-likeness (QED) is 0.256. The van der Waals surface area contributed by atoms with E-state index >= 15 is 0 Å². The van der Waals surface area contributed by atoms with Crippen molar-refractivity contribution >= 4 is 39.7 Å². The Kier molecular flexibility index (Phi) is 9.12. The fourth-order valence-corrected chi connectivity index (χ4v) is 6.28. The van der Waals surface area contributed by atoms with Gasteiger partial charge in [0.15, 0.2) is 0 Å².